The van der Waals surface area contributed by atoms with Gasteiger partial charge in [0.1, 0.15) is 0 Å². The molecule has 0 bridgehead atoms. The molecule has 0 N–H and O–H groups in total. The van der Waals surface area contributed by atoms with Crippen molar-refractivity contribution in [1.82, 2.24) is 0 Å². The van der Waals surface area contributed by atoms with E-state index in [1.54, 1.807) is 0 Å². The van der Waals surface area contributed by atoms with Gasteiger partial charge in [-0.25, -0.2) is 0 Å². The predicted octanol–water partition coefficient (Wildman–Crippen LogP) is 4.54. The maximum absolute atomic E-state index is 2.27. The lowest BCUT2D eigenvalue weighted by Gasteiger charge is -2.13. The first-order valence-corrected chi connectivity index (χ1v) is 5.54. The molecule has 0 aliphatic rings. The van der Waals surface area contributed by atoms with Crippen LogP contribution in [-0.4, -0.2) is 0 Å². The fourth-order valence-corrected chi connectivity index (χ4v) is 1.80. The Bertz CT molecular complexity index is 259. The van der Waals surface area contributed by atoms with Gasteiger partial charge >= 0.3 is 0 Å². The highest BCUT2D eigenvalue weighted by Crippen LogP contribution is 2.24. The maximum atomic E-state index is 2.27. The number of allylic oxidation sites excluding steroid dienone is 2. The van der Waals surface area contributed by atoms with E-state index in [0.29, 0.717) is 0 Å². The molecule has 0 aliphatic carbocycles. The second kappa shape index (κ2) is 6.42. The zero-order valence-electron chi connectivity index (χ0n) is 9.24. The Balaban J connectivity index is 2.54. The van der Waals surface area contributed by atoms with Crippen LogP contribution in [0.2, 0.25) is 0 Å². The first-order valence-electron chi connectivity index (χ1n) is 5.54. The van der Waals surface area contributed by atoms with Crippen LogP contribution in [0.25, 0.3) is 0 Å². The van der Waals surface area contributed by atoms with Crippen molar-refractivity contribution < 1.29 is 0 Å². The summed E-state index contributed by atoms with van der Waals surface area (Å²) in [5.41, 5.74) is 1.49. The number of rotatable bonds is 5. The van der Waals surface area contributed by atoms with Crippen molar-refractivity contribution in [3.05, 3.63) is 48.0 Å². The van der Waals surface area contributed by atoms with Gasteiger partial charge < -0.3 is 0 Å². The van der Waals surface area contributed by atoms with Crippen molar-refractivity contribution in [3.8, 4) is 0 Å². The molecule has 1 atom stereocenters. The molecule has 0 saturated carbocycles. The van der Waals surface area contributed by atoms with Crippen LogP contribution in [0.4, 0.5) is 0 Å². The van der Waals surface area contributed by atoms with E-state index in [9.17, 15) is 0 Å². The highest BCUT2D eigenvalue weighted by atomic mass is 14.1. The summed E-state index contributed by atoms with van der Waals surface area (Å²) in [6, 6.07) is 10.8. The molecule has 0 aromatic heterocycles. The lowest BCUT2D eigenvalue weighted by atomic mass is 9.92. The smallest absolute Gasteiger partial charge is 0.0162 e. The van der Waals surface area contributed by atoms with Crippen LogP contribution in [-0.2, 0) is 0 Å². The lowest BCUT2D eigenvalue weighted by molar-refractivity contribution is 0.613. The first-order chi connectivity index (χ1) is 6.88. The average molecular weight is 188 g/mol. The Morgan fingerprint density at radius 3 is 2.50 bits per heavy atom. The Hall–Kier alpha value is -1.04. The second-order valence-corrected chi connectivity index (χ2v) is 3.66. The normalized spacial score (nSPS) is 13.3. The van der Waals surface area contributed by atoms with Gasteiger partial charge in [0.2, 0.25) is 0 Å². The molecule has 0 amide bonds. The molecular weight excluding hydrogens is 168 g/mol. The molecule has 1 aromatic carbocycles. The van der Waals surface area contributed by atoms with Gasteiger partial charge in [-0.05, 0) is 37.7 Å². The quantitative estimate of drug-likeness (QED) is 0.595. The summed E-state index contributed by atoms with van der Waals surface area (Å²) in [6.07, 6.45) is 8.10. The van der Waals surface area contributed by atoms with Gasteiger partial charge in [0.25, 0.3) is 0 Å². The minimum atomic E-state index is 0.729. The summed E-state index contributed by atoms with van der Waals surface area (Å²) in [5, 5.41) is 0. The minimum absolute atomic E-state index is 0.729. The third-order valence-corrected chi connectivity index (χ3v) is 2.68. The molecule has 1 rings (SSSR count). The van der Waals surface area contributed by atoms with Crippen LogP contribution in [0.5, 0.6) is 0 Å². The summed E-state index contributed by atoms with van der Waals surface area (Å²) in [6.45, 7) is 4.36. The van der Waals surface area contributed by atoms with Crippen molar-refractivity contribution in [2.45, 2.75) is 39.0 Å². The zero-order valence-corrected chi connectivity index (χ0v) is 9.24. The van der Waals surface area contributed by atoms with Gasteiger partial charge in [-0.3, -0.25) is 0 Å². The van der Waals surface area contributed by atoms with Gasteiger partial charge in [-0.1, -0.05) is 49.4 Å². The third kappa shape index (κ3) is 3.37. The van der Waals surface area contributed by atoms with Gasteiger partial charge in [0.05, 0.1) is 0 Å². The number of hydrogen-bond acceptors (Lipinski definition) is 0. The van der Waals surface area contributed by atoms with Crippen molar-refractivity contribution in [3.63, 3.8) is 0 Å². The van der Waals surface area contributed by atoms with Crippen LogP contribution < -0.4 is 0 Å². The Morgan fingerprint density at radius 2 is 1.93 bits per heavy atom. The maximum Gasteiger partial charge on any atom is -0.0162 e. The van der Waals surface area contributed by atoms with Gasteiger partial charge in [-0.15, -0.1) is 0 Å². The fourth-order valence-electron chi connectivity index (χ4n) is 1.80. The summed E-state index contributed by atoms with van der Waals surface area (Å²) >= 11 is 0. The SMILES string of the molecule is CC=CCCC(CC)c1ccccc1. The molecule has 1 aromatic rings. The molecular formula is C14H20. The van der Waals surface area contributed by atoms with E-state index in [-0.39, 0.29) is 0 Å². The monoisotopic (exact) mass is 188 g/mol. The van der Waals surface area contributed by atoms with Crippen LogP contribution in [0, 0.1) is 0 Å². The molecule has 0 fully saturated rings. The van der Waals surface area contributed by atoms with Crippen molar-refractivity contribution in [2.75, 3.05) is 0 Å². The summed E-state index contributed by atoms with van der Waals surface area (Å²) in [5.74, 6) is 0.729. The van der Waals surface area contributed by atoms with Crippen LogP contribution >= 0.6 is 0 Å². The minimum Gasteiger partial charge on any atom is -0.0917 e. The average Bonchev–Trinajstić information content (AvgIpc) is 2.26. The number of benzene rings is 1. The van der Waals surface area contributed by atoms with Crippen LogP contribution in [0.1, 0.15) is 44.6 Å². The molecule has 1 unspecified atom stereocenters. The van der Waals surface area contributed by atoms with E-state index >= 15 is 0 Å². The molecule has 0 nitrogen and oxygen atoms in total. The molecule has 0 aliphatic heterocycles. The third-order valence-electron chi connectivity index (χ3n) is 2.68. The second-order valence-electron chi connectivity index (χ2n) is 3.66. The van der Waals surface area contributed by atoms with E-state index < -0.39 is 0 Å². The highest BCUT2D eigenvalue weighted by molar-refractivity contribution is 5.19. The molecule has 0 radical (unpaired) electrons. The summed E-state index contributed by atoms with van der Waals surface area (Å²) in [4.78, 5) is 0. The van der Waals surface area contributed by atoms with E-state index in [2.05, 4.69) is 56.3 Å². The molecule has 0 heterocycles. The zero-order chi connectivity index (χ0) is 10.2. The largest absolute Gasteiger partial charge is 0.0917 e. The lowest BCUT2D eigenvalue weighted by Crippen LogP contribution is -1.96. The summed E-state index contributed by atoms with van der Waals surface area (Å²) < 4.78 is 0. The molecule has 14 heavy (non-hydrogen) atoms. The Labute approximate surface area is 87.7 Å². The van der Waals surface area contributed by atoms with Crippen LogP contribution in [0.15, 0.2) is 42.5 Å². The predicted molar refractivity (Wildman–Crippen MR) is 63.5 cm³/mol. The van der Waals surface area contributed by atoms with Gasteiger partial charge in [0.15, 0.2) is 0 Å². The number of hydrogen-bond donors (Lipinski definition) is 0. The van der Waals surface area contributed by atoms with Gasteiger partial charge in [0, 0.05) is 0 Å². The first kappa shape index (κ1) is 11.0. The summed E-state index contributed by atoms with van der Waals surface area (Å²) in [7, 11) is 0. The van der Waals surface area contributed by atoms with E-state index in [1.165, 1.54) is 24.8 Å². The Kier molecular flexibility index (Phi) is 5.06. The topological polar surface area (TPSA) is 0 Å². The van der Waals surface area contributed by atoms with E-state index in [0.717, 1.165) is 5.92 Å². The highest BCUT2D eigenvalue weighted by Gasteiger charge is 2.06. The van der Waals surface area contributed by atoms with Crippen molar-refractivity contribution in [2.24, 2.45) is 0 Å². The molecule has 76 valence electrons. The Morgan fingerprint density at radius 1 is 1.21 bits per heavy atom. The van der Waals surface area contributed by atoms with Gasteiger partial charge in [-0.2, -0.15) is 0 Å². The van der Waals surface area contributed by atoms with Crippen molar-refractivity contribution >= 4 is 0 Å². The molecule has 0 spiro atoms. The fraction of sp³-hybridized carbons (Fsp3) is 0.429. The van der Waals surface area contributed by atoms with Crippen molar-refractivity contribution in [1.29, 1.82) is 0 Å². The molecule has 0 saturated heterocycles. The molecule has 0 heteroatoms. The van der Waals surface area contributed by atoms with E-state index in [4.69, 9.17) is 0 Å². The standard InChI is InChI=1S/C14H20/c1-3-5-7-10-13(4-2)14-11-8-6-9-12-14/h3,5-6,8-9,11-13H,4,7,10H2,1-2H3. The van der Waals surface area contributed by atoms with E-state index in [1.807, 2.05) is 0 Å². The van der Waals surface area contributed by atoms with Crippen LogP contribution in [0.3, 0.4) is 0 Å².